The van der Waals surface area contributed by atoms with Gasteiger partial charge in [-0.15, -0.1) is 11.3 Å². The molecule has 4 aromatic rings. The van der Waals surface area contributed by atoms with Crippen molar-refractivity contribution in [3.63, 3.8) is 0 Å². The molecule has 0 radical (unpaired) electrons. The molecule has 0 spiro atoms. The van der Waals surface area contributed by atoms with Crippen molar-refractivity contribution in [3.8, 4) is 16.7 Å². The molecule has 11 heteroatoms. The third-order valence-corrected chi connectivity index (χ3v) is 7.70. The van der Waals surface area contributed by atoms with Crippen molar-refractivity contribution < 1.29 is 18.8 Å². The Morgan fingerprint density at radius 3 is 2.80 bits per heavy atom. The van der Waals surface area contributed by atoms with Crippen LogP contribution in [-0.4, -0.2) is 50.1 Å². The van der Waals surface area contributed by atoms with Crippen molar-refractivity contribution in [3.05, 3.63) is 65.0 Å². The fourth-order valence-electron chi connectivity index (χ4n) is 4.83. The van der Waals surface area contributed by atoms with E-state index in [1.807, 2.05) is 25.3 Å². The summed E-state index contributed by atoms with van der Waals surface area (Å²) < 4.78 is 7.20. The van der Waals surface area contributed by atoms with Gasteiger partial charge in [0.05, 0.1) is 33.0 Å². The van der Waals surface area contributed by atoms with Crippen LogP contribution in [-0.2, 0) is 11.3 Å². The number of fused-ring (bicyclic) bond motifs is 1. The largest absolute Gasteiger partial charge is 0.443 e. The smallest absolute Gasteiger partial charge is 0.268 e. The lowest BCUT2D eigenvalue weighted by atomic mass is 9.93. The van der Waals surface area contributed by atoms with Gasteiger partial charge in [0, 0.05) is 18.7 Å². The van der Waals surface area contributed by atoms with Gasteiger partial charge in [0.15, 0.2) is 12.2 Å². The van der Waals surface area contributed by atoms with E-state index >= 15 is 0 Å². The maximum Gasteiger partial charge on any atom is 0.268 e. The first-order chi connectivity index (χ1) is 19.2. The Hall–Kier alpha value is -4.56. The number of anilines is 1. The molecule has 2 amide bonds. The molecule has 5 rings (SSSR count). The fourth-order valence-corrected chi connectivity index (χ4v) is 5.68. The van der Waals surface area contributed by atoms with Gasteiger partial charge in [-0.3, -0.25) is 19.7 Å². The van der Waals surface area contributed by atoms with Gasteiger partial charge in [-0.1, -0.05) is 26.8 Å². The summed E-state index contributed by atoms with van der Waals surface area (Å²) in [5.41, 5.74) is 1.54. The van der Waals surface area contributed by atoms with Crippen LogP contribution >= 0.6 is 11.3 Å². The van der Waals surface area contributed by atoms with E-state index < -0.39 is 0 Å². The number of oxazole rings is 1. The number of nitriles is 1. The van der Waals surface area contributed by atoms with E-state index in [9.17, 15) is 19.6 Å². The minimum absolute atomic E-state index is 0.124. The highest BCUT2D eigenvalue weighted by Gasteiger charge is 2.32. The third-order valence-electron chi connectivity index (χ3n) is 6.60. The number of aromatic nitrogens is 3. The topological polar surface area (TPSA) is 134 Å². The number of hydrogen-bond donors (Lipinski definition) is 1. The van der Waals surface area contributed by atoms with Crippen molar-refractivity contribution in [2.45, 2.75) is 46.2 Å². The van der Waals surface area contributed by atoms with Crippen molar-refractivity contribution in [1.29, 1.82) is 5.26 Å². The van der Waals surface area contributed by atoms with Crippen LogP contribution < -0.4 is 5.32 Å². The number of thiophene rings is 1. The number of amides is 2. The lowest BCUT2D eigenvalue weighted by molar-refractivity contribution is -0.127. The Bertz CT molecular complexity index is 1650. The Morgan fingerprint density at radius 1 is 1.27 bits per heavy atom. The van der Waals surface area contributed by atoms with E-state index in [0.29, 0.717) is 40.8 Å². The number of benzene rings is 1. The van der Waals surface area contributed by atoms with Crippen LogP contribution in [0.5, 0.6) is 0 Å². The van der Waals surface area contributed by atoms with Crippen LogP contribution in [0.1, 0.15) is 53.6 Å². The Morgan fingerprint density at radius 2 is 2.10 bits per heavy atom. The predicted octanol–water partition coefficient (Wildman–Crippen LogP) is 5.30. The van der Waals surface area contributed by atoms with E-state index in [2.05, 4.69) is 21.4 Å². The third kappa shape index (κ3) is 5.58. The second-order valence-corrected chi connectivity index (χ2v) is 11.8. The highest BCUT2D eigenvalue weighted by Crippen LogP contribution is 2.30. The summed E-state index contributed by atoms with van der Waals surface area (Å²) >= 11 is 1.27. The summed E-state index contributed by atoms with van der Waals surface area (Å²) in [6, 6.07) is 10.5. The van der Waals surface area contributed by atoms with E-state index in [0.717, 1.165) is 29.5 Å². The van der Waals surface area contributed by atoms with Crippen LogP contribution in [0.2, 0.25) is 0 Å². The highest BCUT2D eigenvalue weighted by atomic mass is 32.1. The highest BCUT2D eigenvalue weighted by molar-refractivity contribution is 7.17. The molecule has 1 fully saturated rings. The molecule has 0 bridgehead atoms. The number of nitrogens with one attached hydrogen (secondary N) is 1. The normalized spacial score (nSPS) is 15.8. The zero-order valence-electron chi connectivity index (χ0n) is 22.4. The molecule has 0 unspecified atom stereocenters. The zero-order valence-corrected chi connectivity index (χ0v) is 23.2. The Kier molecular flexibility index (Phi) is 7.36. The molecule has 1 saturated heterocycles. The molecule has 1 aromatic carbocycles. The van der Waals surface area contributed by atoms with E-state index in [-0.39, 0.29) is 28.8 Å². The predicted molar refractivity (Wildman–Crippen MR) is 151 cm³/mol. The molecule has 0 aliphatic carbocycles. The second-order valence-electron chi connectivity index (χ2n) is 10.7. The minimum Gasteiger partial charge on any atom is -0.443 e. The summed E-state index contributed by atoms with van der Waals surface area (Å²) in [6.45, 7) is 6.74. The summed E-state index contributed by atoms with van der Waals surface area (Å²) in [5.74, 6) is 0.238. The molecule has 204 valence electrons. The molecule has 0 saturated carbocycles. The van der Waals surface area contributed by atoms with Gasteiger partial charge in [-0.25, -0.2) is 9.97 Å². The van der Waals surface area contributed by atoms with Gasteiger partial charge in [0.25, 0.3) is 11.8 Å². The average Bonchev–Trinajstić information content (AvgIpc) is 3.73. The molecule has 3 aromatic heterocycles. The van der Waals surface area contributed by atoms with Gasteiger partial charge in [-0.2, -0.15) is 5.26 Å². The number of nitrogens with zero attached hydrogens (tertiary/aromatic N) is 5. The molecule has 1 aliphatic rings. The molecule has 10 nitrogen and oxygen atoms in total. The number of aldehydes is 1. The van der Waals surface area contributed by atoms with E-state index in [1.165, 1.54) is 17.7 Å². The second kappa shape index (κ2) is 10.9. The number of imidazole rings is 1. The van der Waals surface area contributed by atoms with Gasteiger partial charge < -0.3 is 13.9 Å². The van der Waals surface area contributed by atoms with Gasteiger partial charge >= 0.3 is 0 Å². The molecule has 4 heterocycles. The van der Waals surface area contributed by atoms with Crippen LogP contribution in [0.3, 0.4) is 0 Å². The minimum atomic E-state index is -0.345. The average molecular weight is 557 g/mol. The van der Waals surface area contributed by atoms with Crippen molar-refractivity contribution in [2.24, 2.45) is 5.41 Å². The van der Waals surface area contributed by atoms with Crippen molar-refractivity contribution in [2.75, 3.05) is 11.9 Å². The van der Waals surface area contributed by atoms with E-state index in [1.54, 1.807) is 47.5 Å². The summed E-state index contributed by atoms with van der Waals surface area (Å²) in [7, 11) is 0. The summed E-state index contributed by atoms with van der Waals surface area (Å²) in [4.78, 5) is 49.6. The number of rotatable bonds is 7. The molecular weight excluding hydrogens is 528 g/mol. The van der Waals surface area contributed by atoms with Crippen molar-refractivity contribution in [1.82, 2.24) is 19.4 Å². The van der Waals surface area contributed by atoms with Gasteiger partial charge in [0.2, 0.25) is 5.95 Å². The number of allylic oxidation sites excluding steroid dienone is 1. The Balaban J connectivity index is 1.45. The number of hydrogen-bond acceptors (Lipinski definition) is 8. The molecule has 1 atom stereocenters. The lowest BCUT2D eigenvalue weighted by Gasteiger charge is -2.26. The quantitative estimate of drug-likeness (QED) is 0.185. The number of carbonyl (C=O) groups excluding carboxylic acids is 3. The van der Waals surface area contributed by atoms with Crippen LogP contribution in [0.15, 0.2) is 59.0 Å². The van der Waals surface area contributed by atoms with Crippen molar-refractivity contribution >= 4 is 46.4 Å². The summed E-state index contributed by atoms with van der Waals surface area (Å²) in [5, 5.41) is 12.6. The number of carbonyl (C=O) groups is 3. The van der Waals surface area contributed by atoms with E-state index in [4.69, 9.17) is 4.42 Å². The van der Waals surface area contributed by atoms with Crippen LogP contribution in [0.25, 0.3) is 21.7 Å². The molecule has 1 N–H and O–H groups in total. The zero-order chi connectivity index (χ0) is 28.4. The SMILES string of the molecule is CC(C)(C)C=C(C#N)C(=O)N1CCC[C@@H]1Cn1c(NC(=O)c2ccc(-c3cnco3)s2)nc2cc(C=O)ccc21. The Labute approximate surface area is 234 Å². The maximum absolute atomic E-state index is 13.4. The summed E-state index contributed by atoms with van der Waals surface area (Å²) in [6.07, 6.45) is 6.91. The van der Waals surface area contributed by atoms with Crippen LogP contribution in [0, 0.1) is 16.7 Å². The monoisotopic (exact) mass is 556 g/mol. The molecule has 1 aliphatic heterocycles. The first-order valence-corrected chi connectivity index (χ1v) is 13.7. The maximum atomic E-state index is 13.4. The van der Waals surface area contributed by atoms with Crippen LogP contribution in [0.4, 0.5) is 5.95 Å². The van der Waals surface area contributed by atoms with Gasteiger partial charge in [-0.05, 0) is 48.6 Å². The fraction of sp³-hybridized carbons (Fsp3) is 0.310. The molecular formula is C29H28N6O4S. The standard InChI is InChI=1S/C29H28N6O4S/c1-29(2,3)12-19(13-30)27(38)34-10-4-5-20(34)15-35-22-7-6-18(16-36)11-21(22)32-28(35)33-26(37)25-9-8-24(40-25)23-14-31-17-39-23/h6-9,11-12,14,16-17,20H,4-5,10,15H2,1-3H3,(H,32,33,37)/t20-/m1/s1. The number of likely N-dealkylation sites (tertiary alicyclic amines) is 1. The molecule has 40 heavy (non-hydrogen) atoms. The first kappa shape index (κ1) is 27.0. The first-order valence-electron chi connectivity index (χ1n) is 12.9. The van der Waals surface area contributed by atoms with Gasteiger partial charge in [0.1, 0.15) is 17.9 Å². The lowest BCUT2D eigenvalue weighted by Crippen LogP contribution is -2.39.